The number of piperazine rings is 1. The van der Waals surface area contributed by atoms with E-state index >= 15 is 0 Å². The van der Waals surface area contributed by atoms with Gasteiger partial charge < -0.3 is 15.6 Å². The van der Waals surface area contributed by atoms with E-state index in [9.17, 15) is 4.79 Å². The molecule has 0 bridgehead atoms. The summed E-state index contributed by atoms with van der Waals surface area (Å²) < 4.78 is 0. The van der Waals surface area contributed by atoms with Gasteiger partial charge in [0.15, 0.2) is 0 Å². The molecule has 8 heteroatoms. The number of allylic oxidation sites excluding steroid dienone is 2. The molecule has 0 unspecified atom stereocenters. The van der Waals surface area contributed by atoms with Gasteiger partial charge in [-0.15, -0.1) is 0 Å². The average Bonchev–Trinajstić information content (AvgIpc) is 3.74. The molecule has 2 fully saturated rings. The number of rotatable bonds is 5. The summed E-state index contributed by atoms with van der Waals surface area (Å²) in [6.45, 7) is 4.01. The molecule has 0 radical (unpaired) electrons. The van der Waals surface area contributed by atoms with E-state index in [1.165, 1.54) is 12.8 Å². The number of carbonyl (C=O) groups is 1. The maximum atomic E-state index is 13.0. The lowest BCUT2D eigenvalue weighted by atomic mass is 10.0. The molecule has 1 saturated carbocycles. The van der Waals surface area contributed by atoms with E-state index in [2.05, 4.69) is 48.7 Å². The quantitative estimate of drug-likeness (QED) is 0.595. The van der Waals surface area contributed by atoms with Gasteiger partial charge in [0, 0.05) is 80.6 Å². The Morgan fingerprint density at radius 3 is 2.69 bits per heavy atom. The van der Waals surface area contributed by atoms with Gasteiger partial charge in [0.1, 0.15) is 11.6 Å². The molecule has 1 amide bonds. The van der Waals surface area contributed by atoms with E-state index in [0.29, 0.717) is 11.4 Å². The average molecular weight is 468 g/mol. The van der Waals surface area contributed by atoms with Gasteiger partial charge in [-0.3, -0.25) is 14.7 Å². The molecule has 35 heavy (non-hydrogen) atoms. The van der Waals surface area contributed by atoms with Gasteiger partial charge in [-0.2, -0.15) is 0 Å². The van der Waals surface area contributed by atoms with E-state index in [1.54, 1.807) is 18.5 Å². The van der Waals surface area contributed by atoms with Gasteiger partial charge in [-0.25, -0.2) is 9.97 Å². The lowest BCUT2D eigenvalue weighted by Gasteiger charge is -2.35. The van der Waals surface area contributed by atoms with Crippen LogP contribution in [0.2, 0.25) is 0 Å². The summed E-state index contributed by atoms with van der Waals surface area (Å²) >= 11 is 0. The SMILES string of the molecule is CN1C=C(c2ccc3cnc(NC(=O)c4ccnc(N5CCN(C6CC6)CC5)c4)cc3c2)C=CN1. The largest absolute Gasteiger partial charge is 0.354 e. The summed E-state index contributed by atoms with van der Waals surface area (Å²) in [6.07, 6.45) is 12.2. The maximum Gasteiger partial charge on any atom is 0.257 e. The number of carbonyl (C=O) groups excluding carboxylic acids is 1. The molecule has 2 N–H and O–H groups in total. The van der Waals surface area contributed by atoms with Gasteiger partial charge >= 0.3 is 0 Å². The third-order valence-electron chi connectivity index (χ3n) is 6.88. The second-order valence-electron chi connectivity index (χ2n) is 9.40. The van der Waals surface area contributed by atoms with Gasteiger partial charge in [0.2, 0.25) is 0 Å². The molecular weight excluding hydrogens is 438 g/mol. The van der Waals surface area contributed by atoms with Crippen molar-refractivity contribution in [1.29, 1.82) is 0 Å². The summed E-state index contributed by atoms with van der Waals surface area (Å²) in [6, 6.07) is 12.6. The smallest absolute Gasteiger partial charge is 0.257 e. The monoisotopic (exact) mass is 467 g/mol. The highest BCUT2D eigenvalue weighted by Gasteiger charge is 2.31. The van der Waals surface area contributed by atoms with Crippen LogP contribution in [-0.4, -0.2) is 65.1 Å². The van der Waals surface area contributed by atoms with E-state index in [0.717, 1.165) is 59.9 Å². The number of amides is 1. The minimum absolute atomic E-state index is 0.182. The van der Waals surface area contributed by atoms with Crippen LogP contribution >= 0.6 is 0 Å². The Hall–Kier alpha value is -3.91. The fourth-order valence-corrected chi connectivity index (χ4v) is 4.77. The van der Waals surface area contributed by atoms with E-state index < -0.39 is 0 Å². The third kappa shape index (κ3) is 4.70. The summed E-state index contributed by atoms with van der Waals surface area (Å²) in [5, 5.41) is 6.92. The number of nitrogens with zero attached hydrogens (tertiary/aromatic N) is 5. The number of pyridine rings is 2. The number of hydrogen-bond acceptors (Lipinski definition) is 7. The molecule has 0 spiro atoms. The van der Waals surface area contributed by atoms with Crippen LogP contribution < -0.4 is 15.6 Å². The fourth-order valence-electron chi connectivity index (χ4n) is 4.77. The van der Waals surface area contributed by atoms with Crippen molar-refractivity contribution < 1.29 is 4.79 Å². The second kappa shape index (κ2) is 9.03. The highest BCUT2D eigenvalue weighted by atomic mass is 16.1. The zero-order valence-corrected chi connectivity index (χ0v) is 19.8. The van der Waals surface area contributed by atoms with Crippen molar-refractivity contribution in [3.63, 3.8) is 0 Å². The number of anilines is 2. The van der Waals surface area contributed by atoms with Crippen LogP contribution in [-0.2, 0) is 0 Å². The van der Waals surface area contributed by atoms with Crippen molar-refractivity contribution in [3.8, 4) is 0 Å². The molecule has 3 aliphatic rings. The molecule has 2 aromatic heterocycles. The Labute approximate surface area is 204 Å². The highest BCUT2D eigenvalue weighted by molar-refractivity contribution is 6.05. The lowest BCUT2D eigenvalue weighted by Crippen LogP contribution is -2.47. The lowest BCUT2D eigenvalue weighted by molar-refractivity contribution is 0.102. The second-order valence-corrected chi connectivity index (χ2v) is 9.40. The van der Waals surface area contributed by atoms with E-state index in [-0.39, 0.29) is 5.91 Å². The first-order valence-electron chi connectivity index (χ1n) is 12.2. The Kier molecular flexibility index (Phi) is 5.58. The Balaban J connectivity index is 1.17. The van der Waals surface area contributed by atoms with Crippen molar-refractivity contribution >= 4 is 33.9 Å². The van der Waals surface area contributed by atoms with Crippen molar-refractivity contribution in [2.75, 3.05) is 43.4 Å². The predicted molar refractivity (Wildman–Crippen MR) is 139 cm³/mol. The maximum absolute atomic E-state index is 13.0. The van der Waals surface area contributed by atoms with Crippen molar-refractivity contribution in [2.45, 2.75) is 18.9 Å². The zero-order valence-electron chi connectivity index (χ0n) is 19.8. The Morgan fingerprint density at radius 1 is 1.03 bits per heavy atom. The van der Waals surface area contributed by atoms with Crippen LogP contribution in [0.1, 0.15) is 28.8 Å². The van der Waals surface area contributed by atoms with Gasteiger partial charge in [0.05, 0.1) is 0 Å². The first-order chi connectivity index (χ1) is 17.1. The molecule has 3 aromatic rings. The van der Waals surface area contributed by atoms with E-state index in [4.69, 9.17) is 0 Å². The van der Waals surface area contributed by atoms with Gasteiger partial charge in [0.25, 0.3) is 5.91 Å². The topological polar surface area (TPSA) is 76.6 Å². The molecule has 6 rings (SSSR count). The first kappa shape index (κ1) is 21.6. The zero-order chi connectivity index (χ0) is 23.8. The molecule has 1 saturated heterocycles. The predicted octanol–water partition coefficient (Wildman–Crippen LogP) is 3.47. The molecule has 4 heterocycles. The minimum atomic E-state index is -0.182. The van der Waals surface area contributed by atoms with Crippen molar-refractivity contribution in [3.05, 3.63) is 78.4 Å². The number of hydrogen-bond donors (Lipinski definition) is 2. The summed E-state index contributed by atoms with van der Waals surface area (Å²) in [5.41, 5.74) is 5.91. The number of fused-ring (bicyclic) bond motifs is 1. The van der Waals surface area contributed by atoms with Crippen LogP contribution in [0.15, 0.2) is 67.3 Å². The van der Waals surface area contributed by atoms with Crippen molar-refractivity contribution in [2.24, 2.45) is 0 Å². The van der Waals surface area contributed by atoms with Crippen LogP contribution in [0.4, 0.5) is 11.6 Å². The number of hydrazine groups is 1. The molecular formula is C27H29N7O. The Morgan fingerprint density at radius 2 is 1.89 bits per heavy atom. The molecule has 2 aliphatic heterocycles. The Bertz CT molecular complexity index is 1320. The molecule has 1 aliphatic carbocycles. The van der Waals surface area contributed by atoms with Crippen LogP contribution in [0.25, 0.3) is 16.3 Å². The van der Waals surface area contributed by atoms with Crippen molar-refractivity contribution in [1.82, 2.24) is 25.3 Å². The molecule has 1 aromatic carbocycles. The van der Waals surface area contributed by atoms with E-state index in [1.807, 2.05) is 42.7 Å². The molecule has 178 valence electrons. The molecule has 0 atom stereocenters. The first-order valence-corrected chi connectivity index (χ1v) is 12.2. The number of benzene rings is 1. The van der Waals surface area contributed by atoms with Gasteiger partial charge in [-0.05, 0) is 54.1 Å². The standard InChI is InChI=1S/C27H29N7O/c1-32-18-22(7-9-30-32)19-2-3-21-17-29-25(15-23(21)14-19)31-27(35)20-6-8-28-26(16-20)34-12-10-33(11-13-34)24-4-5-24/h2-3,6-9,14-18,24,30H,4-5,10-13H2,1H3,(H,29,31,35). The third-order valence-corrected chi connectivity index (χ3v) is 6.88. The van der Waals surface area contributed by atoms with Crippen LogP contribution in [0.5, 0.6) is 0 Å². The van der Waals surface area contributed by atoms with Gasteiger partial charge in [-0.1, -0.05) is 12.1 Å². The normalized spacial score (nSPS) is 18.4. The van der Waals surface area contributed by atoms with Crippen LogP contribution in [0, 0.1) is 0 Å². The summed E-state index contributed by atoms with van der Waals surface area (Å²) in [7, 11) is 1.96. The fraction of sp³-hybridized carbons (Fsp3) is 0.296. The highest BCUT2D eigenvalue weighted by Crippen LogP contribution is 2.28. The minimum Gasteiger partial charge on any atom is -0.354 e. The van der Waals surface area contributed by atoms with Crippen LogP contribution in [0.3, 0.4) is 0 Å². The number of nitrogens with one attached hydrogen (secondary N) is 2. The summed E-state index contributed by atoms with van der Waals surface area (Å²) in [5.74, 6) is 1.21. The number of aromatic nitrogens is 2. The summed E-state index contributed by atoms with van der Waals surface area (Å²) in [4.78, 5) is 26.9. The molecule has 8 nitrogen and oxygen atoms in total.